The van der Waals surface area contributed by atoms with Gasteiger partial charge in [-0.05, 0) is 42.9 Å². The number of halogens is 1. The summed E-state index contributed by atoms with van der Waals surface area (Å²) < 4.78 is 24.6. The van der Waals surface area contributed by atoms with Crippen LogP contribution in [-0.2, 0) is 16.4 Å². The van der Waals surface area contributed by atoms with Gasteiger partial charge in [0.15, 0.2) is 0 Å². The quantitative estimate of drug-likeness (QED) is 0.799. The molecule has 1 aliphatic heterocycles. The molecule has 18 heavy (non-hydrogen) atoms. The number of nitrogens with zero attached hydrogens (tertiary/aromatic N) is 2. The Bertz CT molecular complexity index is 519. The van der Waals surface area contributed by atoms with Crippen LogP contribution < -0.4 is 0 Å². The summed E-state index contributed by atoms with van der Waals surface area (Å²) in [5, 5.41) is 0.489. The van der Waals surface area contributed by atoms with E-state index in [0.717, 1.165) is 24.8 Å². The van der Waals surface area contributed by atoms with Crippen molar-refractivity contribution < 1.29 is 8.42 Å². The van der Waals surface area contributed by atoms with Gasteiger partial charge >= 0.3 is 0 Å². The normalized spacial score (nSPS) is 22.0. The van der Waals surface area contributed by atoms with Crippen LogP contribution in [0.5, 0.6) is 0 Å². The molecule has 0 aromatic carbocycles. The Morgan fingerprint density at radius 2 is 2.33 bits per heavy atom. The summed E-state index contributed by atoms with van der Waals surface area (Å²) >= 11 is 5.85. The van der Waals surface area contributed by atoms with E-state index in [4.69, 9.17) is 11.6 Å². The van der Waals surface area contributed by atoms with Gasteiger partial charge < -0.3 is 0 Å². The lowest BCUT2D eigenvalue weighted by Crippen LogP contribution is -2.39. The highest BCUT2D eigenvalue weighted by Crippen LogP contribution is 2.23. The standard InChI is InChI=1S/C12H17ClN2O2S/c1-18(16,17)15-6-2-3-11(9-15)7-10-4-5-14-12(13)8-10/h4-5,8,11H,2-3,6-7,9H2,1H3/t11-/m1/s1. The van der Waals surface area contributed by atoms with Gasteiger partial charge in [0.25, 0.3) is 0 Å². The summed E-state index contributed by atoms with van der Waals surface area (Å²) in [4.78, 5) is 3.95. The maximum absolute atomic E-state index is 11.5. The minimum Gasteiger partial charge on any atom is -0.245 e. The SMILES string of the molecule is CS(=O)(=O)N1CCC[C@H](Cc2ccnc(Cl)c2)C1. The molecule has 1 aromatic heterocycles. The van der Waals surface area contributed by atoms with Crippen LogP contribution >= 0.6 is 11.6 Å². The van der Waals surface area contributed by atoms with E-state index in [0.29, 0.717) is 24.2 Å². The molecular weight excluding hydrogens is 272 g/mol. The summed E-state index contributed by atoms with van der Waals surface area (Å²) in [6.45, 7) is 1.26. The van der Waals surface area contributed by atoms with Crippen molar-refractivity contribution in [2.45, 2.75) is 19.3 Å². The third-order valence-electron chi connectivity index (χ3n) is 3.27. The Kier molecular flexibility index (Phi) is 4.25. The third-order valence-corrected chi connectivity index (χ3v) is 4.74. The van der Waals surface area contributed by atoms with Crippen LogP contribution in [0.25, 0.3) is 0 Å². The van der Waals surface area contributed by atoms with Crippen LogP contribution in [0, 0.1) is 5.92 Å². The predicted molar refractivity (Wildman–Crippen MR) is 72.1 cm³/mol. The fourth-order valence-corrected chi connectivity index (χ4v) is 3.54. The number of hydrogen-bond donors (Lipinski definition) is 0. The molecule has 0 unspecified atom stereocenters. The lowest BCUT2D eigenvalue weighted by molar-refractivity contribution is 0.267. The maximum Gasteiger partial charge on any atom is 0.211 e. The van der Waals surface area contributed by atoms with E-state index in [1.807, 2.05) is 12.1 Å². The highest BCUT2D eigenvalue weighted by atomic mass is 35.5. The van der Waals surface area contributed by atoms with Gasteiger partial charge in [-0.25, -0.2) is 17.7 Å². The lowest BCUT2D eigenvalue weighted by Gasteiger charge is -2.31. The third kappa shape index (κ3) is 3.67. The fraction of sp³-hybridized carbons (Fsp3) is 0.583. The number of sulfonamides is 1. The minimum absolute atomic E-state index is 0.368. The van der Waals surface area contributed by atoms with Gasteiger partial charge in [0.1, 0.15) is 5.15 Å². The van der Waals surface area contributed by atoms with Crippen LogP contribution in [0.1, 0.15) is 18.4 Å². The molecule has 2 rings (SSSR count). The molecule has 1 saturated heterocycles. The molecule has 1 aliphatic rings. The first kappa shape index (κ1) is 13.8. The van der Waals surface area contributed by atoms with Crippen molar-refractivity contribution in [1.82, 2.24) is 9.29 Å². The molecule has 0 radical (unpaired) electrons. The van der Waals surface area contributed by atoms with Gasteiger partial charge in [0.05, 0.1) is 6.26 Å². The second-order valence-electron chi connectivity index (χ2n) is 4.82. The van der Waals surface area contributed by atoms with Crippen molar-refractivity contribution in [1.29, 1.82) is 0 Å². The molecule has 6 heteroatoms. The van der Waals surface area contributed by atoms with Crippen LogP contribution in [-0.4, -0.2) is 37.1 Å². The Hall–Kier alpha value is -0.650. The molecule has 0 bridgehead atoms. The second-order valence-corrected chi connectivity index (χ2v) is 7.19. The van der Waals surface area contributed by atoms with Gasteiger partial charge in [-0.2, -0.15) is 0 Å². The molecule has 0 amide bonds. The van der Waals surface area contributed by atoms with Gasteiger partial charge in [0.2, 0.25) is 10.0 Å². The van der Waals surface area contributed by atoms with Crippen LogP contribution in [0.2, 0.25) is 5.15 Å². The first-order valence-corrected chi connectivity index (χ1v) is 8.23. The van der Waals surface area contributed by atoms with Gasteiger partial charge in [-0.3, -0.25) is 0 Å². The zero-order valence-electron chi connectivity index (χ0n) is 10.3. The fourth-order valence-electron chi connectivity index (χ4n) is 2.40. The molecule has 0 aliphatic carbocycles. The van der Waals surface area contributed by atoms with Crippen molar-refractivity contribution >= 4 is 21.6 Å². The smallest absolute Gasteiger partial charge is 0.211 e. The van der Waals surface area contributed by atoms with Crippen molar-refractivity contribution in [3.8, 4) is 0 Å². The van der Waals surface area contributed by atoms with E-state index in [1.165, 1.54) is 6.26 Å². The molecule has 2 heterocycles. The van der Waals surface area contributed by atoms with Crippen LogP contribution in [0.4, 0.5) is 0 Å². The minimum atomic E-state index is -3.06. The van der Waals surface area contributed by atoms with Crippen molar-refractivity contribution in [2.75, 3.05) is 19.3 Å². The second kappa shape index (κ2) is 5.55. The Balaban J connectivity index is 2.02. The highest BCUT2D eigenvalue weighted by Gasteiger charge is 2.25. The summed E-state index contributed by atoms with van der Waals surface area (Å²) in [7, 11) is -3.06. The Morgan fingerprint density at radius 1 is 1.56 bits per heavy atom. The van der Waals surface area contributed by atoms with E-state index in [-0.39, 0.29) is 0 Å². The van der Waals surface area contributed by atoms with Crippen LogP contribution in [0.15, 0.2) is 18.3 Å². The molecule has 1 atom stereocenters. The topological polar surface area (TPSA) is 50.3 Å². The van der Waals surface area contributed by atoms with Crippen molar-refractivity contribution in [3.63, 3.8) is 0 Å². The molecule has 4 nitrogen and oxygen atoms in total. The molecule has 0 saturated carbocycles. The summed E-state index contributed by atoms with van der Waals surface area (Å²) in [6, 6.07) is 3.78. The van der Waals surface area contributed by atoms with E-state index in [1.54, 1.807) is 10.5 Å². The first-order chi connectivity index (χ1) is 8.45. The molecule has 100 valence electrons. The molecule has 1 aromatic rings. The van der Waals surface area contributed by atoms with E-state index in [9.17, 15) is 8.42 Å². The average molecular weight is 289 g/mol. The number of aromatic nitrogens is 1. The Morgan fingerprint density at radius 3 is 3.00 bits per heavy atom. The van der Waals surface area contributed by atoms with Crippen molar-refractivity contribution in [3.05, 3.63) is 29.0 Å². The van der Waals surface area contributed by atoms with E-state index >= 15 is 0 Å². The molecule has 1 fully saturated rings. The largest absolute Gasteiger partial charge is 0.245 e. The van der Waals surface area contributed by atoms with Gasteiger partial charge in [-0.1, -0.05) is 11.6 Å². The zero-order valence-corrected chi connectivity index (χ0v) is 11.9. The number of piperidine rings is 1. The monoisotopic (exact) mass is 288 g/mol. The van der Waals surface area contributed by atoms with E-state index in [2.05, 4.69) is 4.98 Å². The first-order valence-electron chi connectivity index (χ1n) is 6.01. The highest BCUT2D eigenvalue weighted by molar-refractivity contribution is 7.88. The number of rotatable bonds is 3. The summed E-state index contributed by atoms with van der Waals surface area (Å²) in [5.74, 6) is 0.368. The van der Waals surface area contributed by atoms with Gasteiger partial charge in [0, 0.05) is 19.3 Å². The van der Waals surface area contributed by atoms with Crippen molar-refractivity contribution in [2.24, 2.45) is 5.92 Å². The lowest BCUT2D eigenvalue weighted by atomic mass is 9.93. The van der Waals surface area contributed by atoms with Crippen LogP contribution in [0.3, 0.4) is 0 Å². The Labute approximate surface area is 113 Å². The summed E-state index contributed by atoms with van der Waals surface area (Å²) in [6.07, 6.45) is 5.81. The molecule has 0 spiro atoms. The van der Waals surface area contributed by atoms with E-state index < -0.39 is 10.0 Å². The molecular formula is C12H17ClN2O2S. The summed E-state index contributed by atoms with van der Waals surface area (Å²) in [5.41, 5.74) is 1.12. The molecule has 0 N–H and O–H groups in total. The zero-order chi connectivity index (χ0) is 13.2. The number of pyridine rings is 1. The van der Waals surface area contributed by atoms with Gasteiger partial charge in [-0.15, -0.1) is 0 Å². The predicted octanol–water partition coefficient (Wildman–Crippen LogP) is 1.95. The maximum atomic E-state index is 11.5. The number of hydrogen-bond acceptors (Lipinski definition) is 3. The average Bonchev–Trinajstić information content (AvgIpc) is 2.28.